The molecule has 1 amide bonds. The number of nitrogens with two attached hydrogens (primary N) is 1. The molecule has 2 aromatic heterocycles. The summed E-state index contributed by atoms with van der Waals surface area (Å²) < 4.78 is 0. The molecule has 0 aliphatic heterocycles. The summed E-state index contributed by atoms with van der Waals surface area (Å²) in [5.74, 6) is 0.772. The number of anilines is 1. The highest BCUT2D eigenvalue weighted by atomic mass is 32.2. The molecule has 0 aliphatic rings. The Morgan fingerprint density at radius 3 is 3.05 bits per heavy atom. The molecule has 0 fully saturated rings. The number of carbonyl (C=O) groups is 1. The van der Waals surface area contributed by atoms with Crippen molar-refractivity contribution in [3.05, 3.63) is 17.1 Å². The molecule has 0 bridgehead atoms. The van der Waals surface area contributed by atoms with Gasteiger partial charge in [0.25, 0.3) is 5.91 Å². The quantitative estimate of drug-likeness (QED) is 0.883. The maximum Gasteiger partial charge on any atom is 0.263 e. The summed E-state index contributed by atoms with van der Waals surface area (Å²) in [6.45, 7) is 2.06. The van der Waals surface area contributed by atoms with Crippen molar-refractivity contribution in [2.75, 3.05) is 17.7 Å². The highest BCUT2D eigenvalue weighted by molar-refractivity contribution is 7.98. The highest BCUT2D eigenvalue weighted by Crippen LogP contribution is 2.31. The Balaban J connectivity index is 2.24. The van der Waals surface area contributed by atoms with Crippen LogP contribution < -0.4 is 11.1 Å². The second kappa shape index (κ2) is 6.21. The second-order valence-corrected chi connectivity index (χ2v) is 6.04. The molecule has 0 aliphatic carbocycles. The Morgan fingerprint density at radius 1 is 1.63 bits per heavy atom. The Labute approximate surface area is 120 Å². The molecule has 0 saturated heterocycles. The molecule has 19 heavy (non-hydrogen) atoms. The molecule has 7 heteroatoms. The highest BCUT2D eigenvalue weighted by Gasteiger charge is 2.19. The number of carbonyl (C=O) groups excluding carboxylic acids is 1. The van der Waals surface area contributed by atoms with E-state index in [0.29, 0.717) is 15.4 Å². The Morgan fingerprint density at radius 2 is 2.42 bits per heavy atom. The molecule has 1 atom stereocenters. The number of amides is 1. The molecule has 0 saturated carbocycles. The largest absolute Gasteiger partial charge is 0.397 e. The van der Waals surface area contributed by atoms with E-state index >= 15 is 0 Å². The zero-order valence-electron chi connectivity index (χ0n) is 10.8. The second-order valence-electron chi connectivity index (χ2n) is 4.13. The number of nitrogen functional groups attached to an aromatic ring is 1. The van der Waals surface area contributed by atoms with Crippen LogP contribution >= 0.6 is 23.1 Å². The van der Waals surface area contributed by atoms with E-state index in [0.717, 1.165) is 17.6 Å². The first-order valence-corrected chi connectivity index (χ1v) is 8.17. The van der Waals surface area contributed by atoms with E-state index in [4.69, 9.17) is 5.73 Å². The first-order chi connectivity index (χ1) is 9.17. The number of hydrogen-bond donors (Lipinski definition) is 2. The number of rotatable bonds is 5. The fourth-order valence-electron chi connectivity index (χ4n) is 1.76. The third-order valence-corrected chi connectivity index (χ3v) is 4.66. The SMILES string of the molecule is CCC(CSC)NC(=O)c1sc2nnccc2c1N. The molecular formula is C12H16N4OS2. The van der Waals surface area contributed by atoms with Gasteiger partial charge in [0.1, 0.15) is 9.71 Å². The van der Waals surface area contributed by atoms with Gasteiger partial charge >= 0.3 is 0 Å². The van der Waals surface area contributed by atoms with Crippen molar-refractivity contribution in [1.29, 1.82) is 0 Å². The van der Waals surface area contributed by atoms with E-state index < -0.39 is 0 Å². The Kier molecular flexibility index (Phi) is 4.60. The maximum absolute atomic E-state index is 12.2. The van der Waals surface area contributed by atoms with Gasteiger partial charge in [-0.1, -0.05) is 6.92 Å². The molecule has 0 radical (unpaired) electrons. The van der Waals surface area contributed by atoms with Crippen LogP contribution in [0, 0.1) is 0 Å². The molecule has 0 aromatic carbocycles. The third-order valence-electron chi connectivity index (χ3n) is 2.82. The van der Waals surface area contributed by atoms with E-state index in [9.17, 15) is 4.79 Å². The minimum atomic E-state index is -0.124. The number of thiophene rings is 1. The molecular weight excluding hydrogens is 280 g/mol. The topological polar surface area (TPSA) is 80.9 Å². The summed E-state index contributed by atoms with van der Waals surface area (Å²) in [6.07, 6.45) is 4.51. The zero-order valence-corrected chi connectivity index (χ0v) is 12.5. The van der Waals surface area contributed by atoms with Crippen LogP contribution in [-0.2, 0) is 0 Å². The Bertz CT molecular complexity index is 584. The van der Waals surface area contributed by atoms with Crippen molar-refractivity contribution in [3.63, 3.8) is 0 Å². The van der Waals surface area contributed by atoms with Gasteiger partial charge in [0, 0.05) is 17.2 Å². The predicted molar refractivity (Wildman–Crippen MR) is 81.8 cm³/mol. The van der Waals surface area contributed by atoms with Crippen LogP contribution in [0.4, 0.5) is 5.69 Å². The van der Waals surface area contributed by atoms with Crippen LogP contribution in [0.1, 0.15) is 23.0 Å². The van der Waals surface area contributed by atoms with Crippen LogP contribution in [0.15, 0.2) is 12.3 Å². The van der Waals surface area contributed by atoms with E-state index in [1.54, 1.807) is 24.0 Å². The average Bonchev–Trinajstić information content (AvgIpc) is 2.76. The van der Waals surface area contributed by atoms with Crippen molar-refractivity contribution in [2.24, 2.45) is 0 Å². The predicted octanol–water partition coefficient (Wildman–Crippen LogP) is 2.14. The Hall–Kier alpha value is -1.34. The fraction of sp³-hybridized carbons (Fsp3) is 0.417. The molecule has 102 valence electrons. The van der Waals surface area contributed by atoms with Crippen molar-refractivity contribution >= 4 is 44.9 Å². The molecule has 2 heterocycles. The van der Waals surface area contributed by atoms with Crippen molar-refractivity contribution in [3.8, 4) is 0 Å². The van der Waals surface area contributed by atoms with Crippen LogP contribution in [0.25, 0.3) is 10.2 Å². The minimum absolute atomic E-state index is 0.124. The molecule has 5 nitrogen and oxygen atoms in total. The van der Waals surface area contributed by atoms with Gasteiger partial charge in [0.05, 0.1) is 11.9 Å². The average molecular weight is 296 g/mol. The summed E-state index contributed by atoms with van der Waals surface area (Å²) in [6, 6.07) is 1.95. The number of fused-ring (bicyclic) bond motifs is 1. The van der Waals surface area contributed by atoms with Gasteiger partial charge in [0.15, 0.2) is 0 Å². The number of nitrogens with zero attached hydrogens (tertiary/aromatic N) is 2. The van der Waals surface area contributed by atoms with Gasteiger partial charge < -0.3 is 11.1 Å². The van der Waals surface area contributed by atoms with Gasteiger partial charge in [-0.05, 0) is 18.7 Å². The molecule has 1 unspecified atom stereocenters. The van der Waals surface area contributed by atoms with Gasteiger partial charge in [-0.25, -0.2) is 0 Å². The van der Waals surface area contributed by atoms with Crippen molar-refractivity contribution in [2.45, 2.75) is 19.4 Å². The maximum atomic E-state index is 12.2. The van der Waals surface area contributed by atoms with Crippen molar-refractivity contribution in [1.82, 2.24) is 15.5 Å². The lowest BCUT2D eigenvalue weighted by Gasteiger charge is -2.15. The van der Waals surface area contributed by atoms with Crippen LogP contribution in [0.3, 0.4) is 0 Å². The van der Waals surface area contributed by atoms with Crippen molar-refractivity contribution < 1.29 is 4.79 Å². The smallest absolute Gasteiger partial charge is 0.263 e. The standard InChI is InChI=1S/C12H16N4OS2/c1-3-7(6-18-2)15-11(17)10-9(13)8-4-5-14-16-12(8)19-10/h4-5,7H,3,6,13H2,1-2H3,(H,15,17). The summed E-state index contributed by atoms with van der Waals surface area (Å²) in [5, 5.41) is 11.6. The molecule has 3 N–H and O–H groups in total. The van der Waals surface area contributed by atoms with Gasteiger partial charge in [-0.15, -0.1) is 16.4 Å². The lowest BCUT2D eigenvalue weighted by molar-refractivity contribution is 0.0945. The summed E-state index contributed by atoms with van der Waals surface area (Å²) in [7, 11) is 0. The number of thioether (sulfide) groups is 1. The van der Waals surface area contributed by atoms with Gasteiger partial charge in [-0.2, -0.15) is 16.9 Å². The summed E-state index contributed by atoms with van der Waals surface area (Å²) in [4.78, 5) is 13.5. The molecule has 2 aromatic rings. The van der Waals surface area contributed by atoms with E-state index in [1.807, 2.05) is 6.26 Å². The molecule has 0 spiro atoms. The number of hydrogen-bond acceptors (Lipinski definition) is 6. The first kappa shape index (κ1) is 14.1. The first-order valence-electron chi connectivity index (χ1n) is 5.96. The van der Waals surface area contributed by atoms with Crippen LogP contribution in [0.2, 0.25) is 0 Å². The minimum Gasteiger partial charge on any atom is -0.397 e. The van der Waals surface area contributed by atoms with E-state index in [-0.39, 0.29) is 11.9 Å². The van der Waals surface area contributed by atoms with Crippen LogP contribution in [0.5, 0.6) is 0 Å². The zero-order chi connectivity index (χ0) is 13.8. The number of nitrogens with one attached hydrogen (secondary N) is 1. The summed E-state index contributed by atoms with van der Waals surface area (Å²) in [5.41, 5.74) is 6.50. The van der Waals surface area contributed by atoms with E-state index in [1.165, 1.54) is 11.3 Å². The van der Waals surface area contributed by atoms with Gasteiger partial charge in [-0.3, -0.25) is 4.79 Å². The third kappa shape index (κ3) is 2.98. The van der Waals surface area contributed by atoms with Crippen LogP contribution in [-0.4, -0.2) is 34.2 Å². The monoisotopic (exact) mass is 296 g/mol. The summed E-state index contributed by atoms with van der Waals surface area (Å²) >= 11 is 3.00. The lowest BCUT2D eigenvalue weighted by Crippen LogP contribution is -2.36. The number of aromatic nitrogens is 2. The van der Waals surface area contributed by atoms with E-state index in [2.05, 4.69) is 22.4 Å². The fourth-order valence-corrected chi connectivity index (χ4v) is 3.42. The molecule has 2 rings (SSSR count). The normalized spacial score (nSPS) is 12.5. The van der Waals surface area contributed by atoms with Gasteiger partial charge in [0.2, 0.25) is 0 Å². The lowest BCUT2D eigenvalue weighted by atomic mass is 10.2.